The Bertz CT molecular complexity index is 215. The van der Waals surface area contributed by atoms with Gasteiger partial charge in [-0.1, -0.05) is 20.3 Å². The summed E-state index contributed by atoms with van der Waals surface area (Å²) in [6.45, 7) is 4.39. The molecule has 0 heterocycles. The van der Waals surface area contributed by atoms with Gasteiger partial charge in [-0.25, -0.2) is 0 Å². The number of ether oxygens (including phenoxy) is 1. The number of aliphatic hydroxyl groups excluding tert-OH is 1. The fourth-order valence-corrected chi connectivity index (χ4v) is 2.44. The van der Waals surface area contributed by atoms with Crippen LogP contribution in [0, 0.1) is 17.8 Å². The van der Waals surface area contributed by atoms with Crippen molar-refractivity contribution in [3.8, 4) is 0 Å². The largest absolute Gasteiger partial charge is 0.469 e. The lowest BCUT2D eigenvalue weighted by Crippen LogP contribution is -2.37. The molecule has 0 aromatic heterocycles. The van der Waals surface area contributed by atoms with Crippen LogP contribution >= 0.6 is 0 Å². The van der Waals surface area contributed by atoms with E-state index in [-0.39, 0.29) is 11.9 Å². The number of rotatable bonds is 3. The predicted octanol–water partition coefficient (Wildman–Crippen LogP) is 1.98. The first-order chi connectivity index (χ1) is 7.10. The maximum absolute atomic E-state index is 11.5. The number of carbonyl (C=O) groups is 1. The third-order valence-electron chi connectivity index (χ3n) is 3.81. The highest BCUT2D eigenvalue weighted by molar-refractivity contribution is 5.73. The van der Waals surface area contributed by atoms with Gasteiger partial charge in [0, 0.05) is 0 Å². The Morgan fingerprint density at radius 2 is 2.20 bits per heavy atom. The standard InChI is InChI=1S/C12H22O3/c1-4-8(2)9-5-6-11(13)10(7-9)12(14)15-3/h8-11,13H,4-7H2,1-3H3. The van der Waals surface area contributed by atoms with Crippen LogP contribution < -0.4 is 0 Å². The summed E-state index contributed by atoms with van der Waals surface area (Å²) in [6.07, 6.45) is 3.17. The van der Waals surface area contributed by atoms with Gasteiger partial charge in [0.25, 0.3) is 0 Å². The van der Waals surface area contributed by atoms with E-state index in [2.05, 4.69) is 13.8 Å². The lowest BCUT2D eigenvalue weighted by Gasteiger charge is -2.34. The highest BCUT2D eigenvalue weighted by Gasteiger charge is 2.36. The molecule has 0 aromatic carbocycles. The quantitative estimate of drug-likeness (QED) is 0.731. The summed E-state index contributed by atoms with van der Waals surface area (Å²) >= 11 is 0. The number of aliphatic hydroxyl groups is 1. The molecular weight excluding hydrogens is 192 g/mol. The Morgan fingerprint density at radius 3 is 2.73 bits per heavy atom. The number of methoxy groups -OCH3 is 1. The Balaban J connectivity index is 2.59. The number of esters is 1. The van der Waals surface area contributed by atoms with Crippen LogP contribution in [0.15, 0.2) is 0 Å². The van der Waals surface area contributed by atoms with E-state index in [1.807, 2.05) is 0 Å². The molecule has 3 nitrogen and oxygen atoms in total. The lowest BCUT2D eigenvalue weighted by molar-refractivity contribution is -0.152. The van der Waals surface area contributed by atoms with Gasteiger partial charge in [-0.2, -0.15) is 0 Å². The van der Waals surface area contributed by atoms with E-state index >= 15 is 0 Å². The molecule has 1 rings (SSSR count). The summed E-state index contributed by atoms with van der Waals surface area (Å²) < 4.78 is 4.72. The van der Waals surface area contributed by atoms with Crippen molar-refractivity contribution >= 4 is 5.97 Å². The fourth-order valence-electron chi connectivity index (χ4n) is 2.44. The van der Waals surface area contributed by atoms with Crippen molar-refractivity contribution in [3.63, 3.8) is 0 Å². The highest BCUT2D eigenvalue weighted by atomic mass is 16.5. The van der Waals surface area contributed by atoms with E-state index < -0.39 is 6.10 Å². The molecule has 1 aliphatic carbocycles. The van der Waals surface area contributed by atoms with Crippen LogP contribution in [0.5, 0.6) is 0 Å². The zero-order chi connectivity index (χ0) is 11.4. The van der Waals surface area contributed by atoms with Gasteiger partial charge in [0.05, 0.1) is 19.1 Å². The van der Waals surface area contributed by atoms with E-state index in [1.165, 1.54) is 7.11 Å². The normalized spacial score (nSPS) is 33.5. The fraction of sp³-hybridized carbons (Fsp3) is 0.917. The summed E-state index contributed by atoms with van der Waals surface area (Å²) in [7, 11) is 1.39. The van der Waals surface area contributed by atoms with Crippen molar-refractivity contribution in [1.82, 2.24) is 0 Å². The maximum atomic E-state index is 11.5. The van der Waals surface area contributed by atoms with E-state index in [9.17, 15) is 9.90 Å². The van der Waals surface area contributed by atoms with Crippen molar-refractivity contribution in [2.24, 2.45) is 17.8 Å². The van der Waals surface area contributed by atoms with E-state index in [0.717, 1.165) is 25.7 Å². The first kappa shape index (κ1) is 12.5. The summed E-state index contributed by atoms with van der Waals surface area (Å²) in [4.78, 5) is 11.5. The van der Waals surface area contributed by atoms with Crippen LogP contribution in [-0.4, -0.2) is 24.3 Å². The van der Waals surface area contributed by atoms with Gasteiger partial charge in [0.1, 0.15) is 0 Å². The number of carbonyl (C=O) groups excluding carboxylic acids is 1. The molecule has 1 aliphatic rings. The Labute approximate surface area is 91.8 Å². The van der Waals surface area contributed by atoms with Crippen LogP contribution in [0.3, 0.4) is 0 Å². The minimum atomic E-state index is -0.502. The summed E-state index contributed by atoms with van der Waals surface area (Å²) in [5.74, 6) is 0.630. The van der Waals surface area contributed by atoms with Crippen LogP contribution in [-0.2, 0) is 9.53 Å². The van der Waals surface area contributed by atoms with Gasteiger partial charge >= 0.3 is 5.97 Å². The van der Waals surface area contributed by atoms with Crippen molar-refractivity contribution in [2.45, 2.75) is 45.6 Å². The molecular formula is C12H22O3. The SMILES string of the molecule is CCC(C)C1CCC(O)C(C(=O)OC)C1. The van der Waals surface area contributed by atoms with Crippen LogP contribution in [0.25, 0.3) is 0 Å². The summed E-state index contributed by atoms with van der Waals surface area (Å²) in [6, 6.07) is 0. The molecule has 1 N–H and O–H groups in total. The van der Waals surface area contributed by atoms with Gasteiger partial charge < -0.3 is 9.84 Å². The van der Waals surface area contributed by atoms with Gasteiger partial charge in [0.15, 0.2) is 0 Å². The van der Waals surface area contributed by atoms with Gasteiger partial charge in [0.2, 0.25) is 0 Å². The van der Waals surface area contributed by atoms with Crippen molar-refractivity contribution in [3.05, 3.63) is 0 Å². The monoisotopic (exact) mass is 214 g/mol. The molecule has 0 aliphatic heterocycles. The molecule has 3 heteroatoms. The zero-order valence-corrected chi connectivity index (χ0v) is 9.90. The number of hydrogen-bond donors (Lipinski definition) is 1. The van der Waals surface area contributed by atoms with Crippen LogP contribution in [0.4, 0.5) is 0 Å². The van der Waals surface area contributed by atoms with Gasteiger partial charge in [-0.05, 0) is 31.1 Å². The third-order valence-corrected chi connectivity index (χ3v) is 3.81. The maximum Gasteiger partial charge on any atom is 0.311 e. The first-order valence-electron chi connectivity index (χ1n) is 5.86. The Hall–Kier alpha value is -0.570. The van der Waals surface area contributed by atoms with Crippen molar-refractivity contribution < 1.29 is 14.6 Å². The molecule has 0 amide bonds. The van der Waals surface area contributed by atoms with E-state index in [1.54, 1.807) is 0 Å². The molecule has 0 spiro atoms. The summed E-state index contributed by atoms with van der Waals surface area (Å²) in [5.41, 5.74) is 0. The third kappa shape index (κ3) is 2.94. The molecule has 15 heavy (non-hydrogen) atoms. The number of hydrogen-bond acceptors (Lipinski definition) is 3. The van der Waals surface area contributed by atoms with E-state index in [0.29, 0.717) is 11.8 Å². The molecule has 1 fully saturated rings. The second kappa shape index (κ2) is 5.50. The van der Waals surface area contributed by atoms with Crippen molar-refractivity contribution in [2.75, 3.05) is 7.11 Å². The van der Waals surface area contributed by atoms with Gasteiger partial charge in [-0.3, -0.25) is 4.79 Å². The lowest BCUT2D eigenvalue weighted by atomic mass is 9.73. The van der Waals surface area contributed by atoms with Crippen LogP contribution in [0.1, 0.15) is 39.5 Å². The van der Waals surface area contributed by atoms with Crippen molar-refractivity contribution in [1.29, 1.82) is 0 Å². The zero-order valence-electron chi connectivity index (χ0n) is 9.90. The topological polar surface area (TPSA) is 46.5 Å². The molecule has 4 unspecified atom stereocenters. The average Bonchev–Trinajstić information content (AvgIpc) is 2.27. The second-order valence-electron chi connectivity index (χ2n) is 4.66. The Kier molecular flexibility index (Phi) is 4.58. The molecule has 4 atom stereocenters. The molecule has 0 saturated heterocycles. The predicted molar refractivity (Wildman–Crippen MR) is 58.3 cm³/mol. The summed E-state index contributed by atoms with van der Waals surface area (Å²) in [5, 5.41) is 9.74. The van der Waals surface area contributed by atoms with Gasteiger partial charge in [-0.15, -0.1) is 0 Å². The second-order valence-corrected chi connectivity index (χ2v) is 4.66. The molecule has 0 radical (unpaired) electrons. The smallest absolute Gasteiger partial charge is 0.311 e. The minimum absolute atomic E-state index is 0.254. The van der Waals surface area contributed by atoms with Crippen LogP contribution in [0.2, 0.25) is 0 Å². The molecule has 1 saturated carbocycles. The van der Waals surface area contributed by atoms with E-state index in [4.69, 9.17) is 4.74 Å². The molecule has 0 bridgehead atoms. The molecule has 88 valence electrons. The molecule has 0 aromatic rings. The first-order valence-corrected chi connectivity index (χ1v) is 5.86. The average molecular weight is 214 g/mol. The Morgan fingerprint density at radius 1 is 1.53 bits per heavy atom. The minimum Gasteiger partial charge on any atom is -0.469 e. The highest BCUT2D eigenvalue weighted by Crippen LogP contribution is 2.35.